The van der Waals surface area contributed by atoms with Crippen molar-refractivity contribution in [1.82, 2.24) is 14.4 Å². The SMILES string of the molecule is Cn1ccc(C(=O)CN2CCCN(CCO)CC2)c1. The molecule has 2 heterocycles. The fraction of sp³-hybridized carbons (Fsp3) is 0.643. The fourth-order valence-electron chi connectivity index (χ4n) is 2.51. The lowest BCUT2D eigenvalue weighted by molar-refractivity contribution is 0.0932. The molecule has 0 aromatic carbocycles. The Morgan fingerprint density at radius 3 is 2.68 bits per heavy atom. The Morgan fingerprint density at radius 2 is 2.00 bits per heavy atom. The van der Waals surface area contributed by atoms with Crippen LogP contribution in [-0.2, 0) is 7.05 Å². The maximum atomic E-state index is 12.1. The summed E-state index contributed by atoms with van der Waals surface area (Å²) >= 11 is 0. The van der Waals surface area contributed by atoms with Crippen LogP contribution in [0.5, 0.6) is 0 Å². The van der Waals surface area contributed by atoms with Gasteiger partial charge >= 0.3 is 0 Å². The van der Waals surface area contributed by atoms with Crippen molar-refractivity contribution in [3.8, 4) is 0 Å². The maximum absolute atomic E-state index is 12.1. The lowest BCUT2D eigenvalue weighted by Gasteiger charge is -2.20. The summed E-state index contributed by atoms with van der Waals surface area (Å²) in [6.45, 7) is 5.25. The van der Waals surface area contributed by atoms with Gasteiger partial charge in [-0.3, -0.25) is 14.6 Å². The molecule has 0 atom stereocenters. The van der Waals surface area contributed by atoms with Gasteiger partial charge in [0.2, 0.25) is 0 Å². The summed E-state index contributed by atoms with van der Waals surface area (Å²) < 4.78 is 1.90. The number of aliphatic hydroxyl groups excluding tert-OH is 1. The van der Waals surface area contributed by atoms with Crippen LogP contribution in [0.15, 0.2) is 18.5 Å². The number of Topliss-reactive ketones (excluding diaryl/α,β-unsaturated/α-hetero) is 1. The standard InChI is InChI=1S/C14H23N3O2/c1-15-6-3-13(11-15)14(19)12-17-5-2-4-16(7-8-17)9-10-18/h3,6,11,18H,2,4-5,7-10,12H2,1H3. The van der Waals surface area contributed by atoms with E-state index in [-0.39, 0.29) is 12.4 Å². The Bertz CT molecular complexity index is 417. The highest BCUT2D eigenvalue weighted by Crippen LogP contribution is 2.06. The van der Waals surface area contributed by atoms with E-state index in [1.54, 1.807) is 0 Å². The molecule has 0 saturated carbocycles. The minimum Gasteiger partial charge on any atom is -0.395 e. The van der Waals surface area contributed by atoms with Crippen LogP contribution in [0.4, 0.5) is 0 Å². The topological polar surface area (TPSA) is 48.7 Å². The minimum atomic E-state index is 0.191. The summed E-state index contributed by atoms with van der Waals surface area (Å²) in [6, 6.07) is 1.87. The molecule has 0 radical (unpaired) electrons. The van der Waals surface area contributed by atoms with E-state index in [2.05, 4.69) is 9.80 Å². The van der Waals surface area contributed by atoms with Crippen molar-refractivity contribution in [2.45, 2.75) is 6.42 Å². The number of aromatic nitrogens is 1. The van der Waals surface area contributed by atoms with Crippen molar-refractivity contribution in [1.29, 1.82) is 0 Å². The summed E-state index contributed by atoms with van der Waals surface area (Å²) in [5, 5.41) is 8.96. The van der Waals surface area contributed by atoms with E-state index in [0.717, 1.165) is 44.7 Å². The molecule has 5 nitrogen and oxygen atoms in total. The number of carbonyl (C=O) groups is 1. The third kappa shape index (κ3) is 4.16. The third-order valence-electron chi connectivity index (χ3n) is 3.62. The van der Waals surface area contributed by atoms with Gasteiger partial charge in [-0.05, 0) is 25.6 Å². The first-order valence-corrected chi connectivity index (χ1v) is 6.90. The molecule has 0 spiro atoms. The summed E-state index contributed by atoms with van der Waals surface area (Å²) in [5.41, 5.74) is 0.791. The predicted octanol–water partition coefficient (Wildman–Crippen LogP) is 0.208. The van der Waals surface area contributed by atoms with Crippen LogP contribution in [0.3, 0.4) is 0 Å². The maximum Gasteiger partial charge on any atom is 0.178 e. The molecule has 1 aromatic heterocycles. The summed E-state index contributed by atoms with van der Waals surface area (Å²) in [6.07, 6.45) is 4.83. The van der Waals surface area contributed by atoms with Crippen LogP contribution in [0.1, 0.15) is 16.8 Å². The average molecular weight is 265 g/mol. The van der Waals surface area contributed by atoms with Crippen LogP contribution in [-0.4, -0.2) is 71.1 Å². The number of aryl methyl sites for hydroxylation is 1. The smallest absolute Gasteiger partial charge is 0.178 e. The zero-order valence-corrected chi connectivity index (χ0v) is 11.6. The molecular weight excluding hydrogens is 242 g/mol. The number of ketones is 1. The number of rotatable bonds is 5. The molecular formula is C14H23N3O2. The second kappa shape index (κ2) is 6.84. The van der Waals surface area contributed by atoms with Gasteiger partial charge < -0.3 is 9.67 Å². The van der Waals surface area contributed by atoms with E-state index >= 15 is 0 Å². The van der Waals surface area contributed by atoms with Crippen LogP contribution < -0.4 is 0 Å². The molecule has 0 amide bonds. The van der Waals surface area contributed by atoms with E-state index in [4.69, 9.17) is 5.11 Å². The minimum absolute atomic E-state index is 0.191. The largest absolute Gasteiger partial charge is 0.395 e. The van der Waals surface area contributed by atoms with Crippen LogP contribution >= 0.6 is 0 Å². The second-order valence-corrected chi connectivity index (χ2v) is 5.18. The highest BCUT2D eigenvalue weighted by Gasteiger charge is 2.17. The zero-order valence-electron chi connectivity index (χ0n) is 11.6. The first kappa shape index (κ1) is 14.2. The van der Waals surface area contributed by atoms with Crippen LogP contribution in [0.25, 0.3) is 0 Å². The molecule has 0 bridgehead atoms. The molecule has 5 heteroatoms. The Labute approximate surface area is 114 Å². The second-order valence-electron chi connectivity index (χ2n) is 5.18. The number of hydrogen-bond acceptors (Lipinski definition) is 4. The quantitative estimate of drug-likeness (QED) is 0.773. The van der Waals surface area contributed by atoms with Gasteiger partial charge in [0, 0.05) is 44.6 Å². The van der Waals surface area contributed by atoms with Gasteiger partial charge in [-0.1, -0.05) is 0 Å². The molecule has 0 aliphatic carbocycles. The number of carbonyl (C=O) groups excluding carboxylic acids is 1. The average Bonchev–Trinajstić information content (AvgIpc) is 2.70. The molecule has 1 aliphatic rings. The molecule has 0 unspecified atom stereocenters. The Hall–Kier alpha value is -1.17. The number of aliphatic hydroxyl groups is 1. The van der Waals surface area contributed by atoms with Crippen LogP contribution in [0.2, 0.25) is 0 Å². The lowest BCUT2D eigenvalue weighted by Crippen LogP contribution is -2.35. The monoisotopic (exact) mass is 265 g/mol. The molecule has 1 aliphatic heterocycles. The third-order valence-corrected chi connectivity index (χ3v) is 3.62. The van der Waals surface area contributed by atoms with Gasteiger partial charge in [0.25, 0.3) is 0 Å². The molecule has 1 N–H and O–H groups in total. The van der Waals surface area contributed by atoms with E-state index in [9.17, 15) is 4.79 Å². The molecule has 1 fully saturated rings. The Kier molecular flexibility index (Phi) is 5.13. The van der Waals surface area contributed by atoms with Crippen molar-refractivity contribution >= 4 is 5.78 Å². The van der Waals surface area contributed by atoms with Crippen LogP contribution in [0, 0.1) is 0 Å². The van der Waals surface area contributed by atoms with Gasteiger partial charge in [-0.25, -0.2) is 0 Å². The van der Waals surface area contributed by atoms with E-state index in [1.807, 2.05) is 30.1 Å². The van der Waals surface area contributed by atoms with E-state index in [0.29, 0.717) is 6.54 Å². The molecule has 2 rings (SSSR count). The highest BCUT2D eigenvalue weighted by atomic mass is 16.3. The fourth-order valence-corrected chi connectivity index (χ4v) is 2.51. The van der Waals surface area contributed by atoms with Crippen molar-refractivity contribution in [2.75, 3.05) is 45.9 Å². The molecule has 106 valence electrons. The van der Waals surface area contributed by atoms with Gasteiger partial charge in [-0.15, -0.1) is 0 Å². The number of β-amino-alcohol motifs (C(OH)–C–C–N with tert-alkyl or cyclic N) is 1. The first-order valence-electron chi connectivity index (χ1n) is 6.90. The summed E-state index contributed by atoms with van der Waals surface area (Å²) in [7, 11) is 1.93. The van der Waals surface area contributed by atoms with Crippen molar-refractivity contribution < 1.29 is 9.90 Å². The van der Waals surface area contributed by atoms with E-state index in [1.165, 1.54) is 0 Å². The Morgan fingerprint density at radius 1 is 1.26 bits per heavy atom. The first-order chi connectivity index (χ1) is 9.19. The van der Waals surface area contributed by atoms with Gasteiger partial charge in [0.15, 0.2) is 5.78 Å². The highest BCUT2D eigenvalue weighted by molar-refractivity contribution is 5.97. The molecule has 1 aromatic rings. The Balaban J connectivity index is 1.84. The normalized spacial score (nSPS) is 18.4. The summed E-state index contributed by atoms with van der Waals surface area (Å²) in [4.78, 5) is 16.6. The van der Waals surface area contributed by atoms with Gasteiger partial charge in [0.1, 0.15) is 0 Å². The summed E-state index contributed by atoms with van der Waals surface area (Å²) in [5.74, 6) is 0.191. The van der Waals surface area contributed by atoms with Gasteiger partial charge in [-0.2, -0.15) is 0 Å². The predicted molar refractivity (Wildman–Crippen MR) is 74.3 cm³/mol. The lowest BCUT2D eigenvalue weighted by atomic mass is 10.2. The van der Waals surface area contributed by atoms with Crippen molar-refractivity contribution in [3.05, 3.63) is 24.0 Å². The van der Waals surface area contributed by atoms with Gasteiger partial charge in [0.05, 0.1) is 13.2 Å². The van der Waals surface area contributed by atoms with E-state index < -0.39 is 0 Å². The molecule has 1 saturated heterocycles. The number of hydrogen-bond donors (Lipinski definition) is 1. The van der Waals surface area contributed by atoms with Crippen molar-refractivity contribution in [2.24, 2.45) is 7.05 Å². The van der Waals surface area contributed by atoms with Crippen molar-refractivity contribution in [3.63, 3.8) is 0 Å². The number of nitrogens with zero attached hydrogens (tertiary/aromatic N) is 3. The zero-order chi connectivity index (χ0) is 13.7. The molecule has 19 heavy (non-hydrogen) atoms.